The van der Waals surface area contributed by atoms with Crippen molar-refractivity contribution in [2.75, 3.05) is 5.75 Å². The molecular weight excluding hydrogens is 246 g/mol. The maximum Gasteiger partial charge on any atom is 0.0996 e. The van der Waals surface area contributed by atoms with E-state index in [2.05, 4.69) is 5.16 Å². The molecule has 0 saturated heterocycles. The van der Waals surface area contributed by atoms with Gasteiger partial charge in [0.05, 0.1) is 22.3 Å². The molecule has 0 aromatic heterocycles. The minimum absolute atomic E-state index is 0.199. The van der Waals surface area contributed by atoms with Gasteiger partial charge in [-0.05, 0) is 12.1 Å². The normalized spacial score (nSPS) is 13.2. The van der Waals surface area contributed by atoms with Crippen LogP contribution in [0.2, 0.25) is 0 Å². The van der Waals surface area contributed by atoms with E-state index in [1.807, 2.05) is 48.5 Å². The van der Waals surface area contributed by atoms with Gasteiger partial charge in [-0.1, -0.05) is 53.7 Å². The fraction of sp³-hybridized carbons (Fsp3) is 0.0714. The van der Waals surface area contributed by atoms with Gasteiger partial charge in [0.1, 0.15) is 0 Å². The molecule has 0 saturated carbocycles. The summed E-state index contributed by atoms with van der Waals surface area (Å²) >= 11 is 0. The second-order valence-corrected chi connectivity index (χ2v) is 5.17. The molecule has 1 atom stereocenters. The molecule has 1 N–H and O–H groups in total. The van der Waals surface area contributed by atoms with Crippen LogP contribution in [0.5, 0.6) is 0 Å². The van der Waals surface area contributed by atoms with Gasteiger partial charge in [-0.2, -0.15) is 0 Å². The zero-order valence-electron chi connectivity index (χ0n) is 9.69. The average Bonchev–Trinajstić information content (AvgIpc) is 2.46. The highest BCUT2D eigenvalue weighted by Crippen LogP contribution is 2.09. The molecule has 2 rings (SSSR count). The number of hydrogen-bond donors (Lipinski definition) is 1. The molecular formula is C14H13NO2S. The van der Waals surface area contributed by atoms with Crippen molar-refractivity contribution < 1.29 is 9.42 Å². The van der Waals surface area contributed by atoms with Crippen LogP contribution in [0, 0.1) is 0 Å². The van der Waals surface area contributed by atoms with Crippen LogP contribution in [0.3, 0.4) is 0 Å². The fourth-order valence-corrected chi connectivity index (χ4v) is 2.68. The summed E-state index contributed by atoms with van der Waals surface area (Å²) < 4.78 is 12.1. The Kier molecular flexibility index (Phi) is 4.25. The molecule has 2 aromatic rings. The lowest BCUT2D eigenvalue weighted by Gasteiger charge is -2.04. The van der Waals surface area contributed by atoms with Crippen LogP contribution in [0.15, 0.2) is 70.7 Å². The Labute approximate surface area is 108 Å². The Bertz CT molecular complexity index is 553. The highest BCUT2D eigenvalue weighted by Gasteiger charge is 2.10. The van der Waals surface area contributed by atoms with Gasteiger partial charge < -0.3 is 5.21 Å². The first-order valence-electron chi connectivity index (χ1n) is 5.51. The third-order valence-corrected chi connectivity index (χ3v) is 3.84. The summed E-state index contributed by atoms with van der Waals surface area (Å²) in [7, 11) is -1.20. The molecule has 0 bridgehead atoms. The van der Waals surface area contributed by atoms with Crippen molar-refractivity contribution in [3.05, 3.63) is 66.2 Å². The van der Waals surface area contributed by atoms with Gasteiger partial charge in [0.25, 0.3) is 0 Å². The van der Waals surface area contributed by atoms with E-state index in [1.165, 1.54) is 0 Å². The van der Waals surface area contributed by atoms with Crippen molar-refractivity contribution in [3.63, 3.8) is 0 Å². The third kappa shape index (κ3) is 3.05. The Morgan fingerprint density at radius 1 is 1.00 bits per heavy atom. The molecule has 0 radical (unpaired) electrons. The van der Waals surface area contributed by atoms with Crippen LogP contribution in [-0.2, 0) is 10.8 Å². The molecule has 18 heavy (non-hydrogen) atoms. The zero-order chi connectivity index (χ0) is 12.8. The summed E-state index contributed by atoms with van der Waals surface area (Å²) in [4.78, 5) is 0.731. The Balaban J connectivity index is 2.16. The number of hydrogen-bond acceptors (Lipinski definition) is 3. The lowest BCUT2D eigenvalue weighted by Crippen LogP contribution is -2.12. The smallest absolute Gasteiger partial charge is 0.0996 e. The van der Waals surface area contributed by atoms with E-state index in [9.17, 15) is 4.21 Å². The summed E-state index contributed by atoms with van der Waals surface area (Å²) in [6.07, 6.45) is 0. The molecule has 2 aromatic carbocycles. The van der Waals surface area contributed by atoms with Crippen LogP contribution in [0.25, 0.3) is 0 Å². The quantitative estimate of drug-likeness (QED) is 0.521. The van der Waals surface area contributed by atoms with E-state index in [4.69, 9.17) is 5.21 Å². The first-order chi connectivity index (χ1) is 8.81. The molecule has 1 unspecified atom stereocenters. The van der Waals surface area contributed by atoms with E-state index < -0.39 is 10.8 Å². The highest BCUT2D eigenvalue weighted by atomic mass is 32.2. The van der Waals surface area contributed by atoms with Crippen molar-refractivity contribution in [2.45, 2.75) is 4.90 Å². The first kappa shape index (κ1) is 12.5. The van der Waals surface area contributed by atoms with E-state index in [0.717, 1.165) is 10.5 Å². The molecule has 4 heteroatoms. The Morgan fingerprint density at radius 2 is 1.56 bits per heavy atom. The van der Waals surface area contributed by atoms with E-state index >= 15 is 0 Å². The monoisotopic (exact) mass is 259 g/mol. The minimum atomic E-state index is -1.20. The summed E-state index contributed by atoms with van der Waals surface area (Å²) in [5, 5.41) is 12.3. The lowest BCUT2D eigenvalue weighted by atomic mass is 10.1. The van der Waals surface area contributed by atoms with Crippen LogP contribution < -0.4 is 0 Å². The number of oxime groups is 1. The summed E-state index contributed by atoms with van der Waals surface area (Å²) in [6.45, 7) is 0. The number of benzene rings is 2. The molecule has 92 valence electrons. The summed E-state index contributed by atoms with van der Waals surface area (Å²) in [5.41, 5.74) is 1.21. The van der Waals surface area contributed by atoms with E-state index in [-0.39, 0.29) is 5.75 Å². The van der Waals surface area contributed by atoms with E-state index in [1.54, 1.807) is 12.1 Å². The maximum atomic E-state index is 12.1. The number of nitrogens with zero attached hydrogens (tertiary/aromatic N) is 1. The topological polar surface area (TPSA) is 49.7 Å². The maximum absolute atomic E-state index is 12.1. The molecule has 0 spiro atoms. The molecule has 0 fully saturated rings. The van der Waals surface area contributed by atoms with Gasteiger partial charge in [0, 0.05) is 10.5 Å². The first-order valence-corrected chi connectivity index (χ1v) is 6.83. The van der Waals surface area contributed by atoms with Crippen molar-refractivity contribution in [1.29, 1.82) is 0 Å². The van der Waals surface area contributed by atoms with Gasteiger partial charge in [0.15, 0.2) is 0 Å². The highest BCUT2D eigenvalue weighted by molar-refractivity contribution is 7.85. The molecule has 0 aliphatic rings. The molecule has 0 heterocycles. The fourth-order valence-electron chi connectivity index (χ4n) is 1.58. The summed E-state index contributed by atoms with van der Waals surface area (Å²) in [6, 6.07) is 18.4. The van der Waals surface area contributed by atoms with Crippen LogP contribution >= 0.6 is 0 Å². The second kappa shape index (κ2) is 6.12. The molecule has 0 aliphatic heterocycles. The Morgan fingerprint density at radius 3 is 2.11 bits per heavy atom. The minimum Gasteiger partial charge on any atom is -0.411 e. The SMILES string of the molecule is O=S(CC(=NO)c1ccccc1)c1ccccc1. The molecule has 0 amide bonds. The number of rotatable bonds is 4. The van der Waals surface area contributed by atoms with Gasteiger partial charge in [0.2, 0.25) is 0 Å². The van der Waals surface area contributed by atoms with Crippen molar-refractivity contribution in [1.82, 2.24) is 0 Å². The predicted molar refractivity (Wildman–Crippen MR) is 72.5 cm³/mol. The standard InChI is InChI=1S/C14H13NO2S/c16-15-14(12-7-3-1-4-8-12)11-18(17)13-9-5-2-6-10-13/h1-10,16H,11H2. The largest absolute Gasteiger partial charge is 0.411 e. The van der Waals surface area contributed by atoms with E-state index in [0.29, 0.717) is 5.71 Å². The zero-order valence-corrected chi connectivity index (χ0v) is 10.5. The van der Waals surface area contributed by atoms with Gasteiger partial charge in [-0.3, -0.25) is 4.21 Å². The van der Waals surface area contributed by atoms with Crippen LogP contribution in [-0.4, -0.2) is 20.9 Å². The lowest BCUT2D eigenvalue weighted by molar-refractivity contribution is 0.319. The summed E-state index contributed by atoms with van der Waals surface area (Å²) in [5.74, 6) is 0.199. The van der Waals surface area contributed by atoms with Gasteiger partial charge in [-0.15, -0.1) is 0 Å². The van der Waals surface area contributed by atoms with Gasteiger partial charge in [-0.25, -0.2) is 0 Å². The van der Waals surface area contributed by atoms with Crippen molar-refractivity contribution in [2.24, 2.45) is 5.16 Å². The van der Waals surface area contributed by atoms with Crippen LogP contribution in [0.1, 0.15) is 5.56 Å². The molecule has 3 nitrogen and oxygen atoms in total. The molecule has 0 aliphatic carbocycles. The van der Waals surface area contributed by atoms with Crippen molar-refractivity contribution in [3.8, 4) is 0 Å². The Hall–Kier alpha value is -1.94. The predicted octanol–water partition coefficient (Wildman–Crippen LogP) is 2.67. The van der Waals surface area contributed by atoms with Crippen LogP contribution in [0.4, 0.5) is 0 Å². The van der Waals surface area contributed by atoms with Crippen molar-refractivity contribution >= 4 is 16.5 Å². The third-order valence-electron chi connectivity index (χ3n) is 2.50. The van der Waals surface area contributed by atoms with Gasteiger partial charge >= 0.3 is 0 Å². The second-order valence-electron chi connectivity index (χ2n) is 3.72. The average molecular weight is 259 g/mol.